The highest BCUT2D eigenvalue weighted by atomic mass is 16.5. The van der Waals surface area contributed by atoms with Crippen LogP contribution in [-0.2, 0) is 6.42 Å². The maximum absolute atomic E-state index is 5.35. The summed E-state index contributed by atoms with van der Waals surface area (Å²) in [7, 11) is 0. The van der Waals surface area contributed by atoms with Gasteiger partial charge in [-0.25, -0.2) is 0 Å². The van der Waals surface area contributed by atoms with Crippen LogP contribution in [0.1, 0.15) is 74.9 Å². The summed E-state index contributed by atoms with van der Waals surface area (Å²) in [5, 5.41) is 10.8. The Hall–Kier alpha value is -2.98. The van der Waals surface area contributed by atoms with Crippen LogP contribution in [-0.4, -0.2) is 16.2 Å². The van der Waals surface area contributed by atoms with Crippen molar-refractivity contribution >= 4 is 10.8 Å². The first-order valence-corrected chi connectivity index (χ1v) is 12.4. The SMILES string of the molecule is CCCc1nc(-c2ccc([C@H]3CCCC(NC(C)c4cccc5ccccc45)C3)cc2)no1. The summed E-state index contributed by atoms with van der Waals surface area (Å²) in [6.07, 6.45) is 6.78. The topological polar surface area (TPSA) is 51.0 Å². The predicted octanol–water partition coefficient (Wildman–Crippen LogP) is 7.22. The van der Waals surface area contributed by atoms with Crippen LogP contribution in [0.25, 0.3) is 22.2 Å². The molecule has 1 aromatic heterocycles. The average molecular weight is 440 g/mol. The summed E-state index contributed by atoms with van der Waals surface area (Å²) in [6, 6.07) is 25.0. The second-order valence-corrected chi connectivity index (χ2v) is 9.40. The zero-order valence-corrected chi connectivity index (χ0v) is 19.6. The van der Waals surface area contributed by atoms with Gasteiger partial charge in [0.25, 0.3) is 0 Å². The van der Waals surface area contributed by atoms with Gasteiger partial charge >= 0.3 is 0 Å². The average Bonchev–Trinajstić information content (AvgIpc) is 3.33. The van der Waals surface area contributed by atoms with E-state index in [4.69, 9.17) is 4.52 Å². The minimum Gasteiger partial charge on any atom is -0.339 e. The van der Waals surface area contributed by atoms with Gasteiger partial charge in [0, 0.05) is 24.1 Å². The highest BCUT2D eigenvalue weighted by Gasteiger charge is 2.25. The maximum atomic E-state index is 5.35. The normalized spacial score (nSPS) is 19.6. The van der Waals surface area contributed by atoms with Crippen LogP contribution in [0, 0.1) is 0 Å². The largest absolute Gasteiger partial charge is 0.339 e. The van der Waals surface area contributed by atoms with Crippen LogP contribution in [0.15, 0.2) is 71.3 Å². The van der Waals surface area contributed by atoms with Gasteiger partial charge in [-0.1, -0.05) is 85.2 Å². The van der Waals surface area contributed by atoms with Gasteiger partial charge in [-0.15, -0.1) is 0 Å². The predicted molar refractivity (Wildman–Crippen MR) is 134 cm³/mol. The number of aryl methyl sites for hydroxylation is 1. The first-order chi connectivity index (χ1) is 16.2. The van der Waals surface area contributed by atoms with Gasteiger partial charge < -0.3 is 9.84 Å². The Balaban J connectivity index is 1.25. The lowest BCUT2D eigenvalue weighted by molar-refractivity contribution is 0.319. The van der Waals surface area contributed by atoms with E-state index >= 15 is 0 Å². The zero-order chi connectivity index (χ0) is 22.6. The lowest BCUT2D eigenvalue weighted by Gasteiger charge is -2.32. The summed E-state index contributed by atoms with van der Waals surface area (Å²) in [6.45, 7) is 4.42. The molecule has 0 bridgehead atoms. The van der Waals surface area contributed by atoms with Crippen molar-refractivity contribution < 1.29 is 4.52 Å². The zero-order valence-electron chi connectivity index (χ0n) is 19.6. The molecule has 3 atom stereocenters. The molecule has 0 radical (unpaired) electrons. The van der Waals surface area contributed by atoms with Crippen LogP contribution in [0.5, 0.6) is 0 Å². The highest BCUT2D eigenvalue weighted by molar-refractivity contribution is 5.86. The molecule has 4 heteroatoms. The van der Waals surface area contributed by atoms with Crippen LogP contribution >= 0.6 is 0 Å². The number of nitrogens with one attached hydrogen (secondary N) is 1. The minimum atomic E-state index is 0.331. The Morgan fingerprint density at radius 2 is 1.82 bits per heavy atom. The first kappa shape index (κ1) is 21.8. The number of benzene rings is 3. The Morgan fingerprint density at radius 1 is 1.00 bits per heavy atom. The second kappa shape index (κ2) is 9.88. The number of hydrogen-bond donors (Lipinski definition) is 1. The fraction of sp³-hybridized carbons (Fsp3) is 0.379. The Bertz CT molecular complexity index is 1190. The highest BCUT2D eigenvalue weighted by Crippen LogP contribution is 2.35. The van der Waals surface area contributed by atoms with E-state index in [0.717, 1.165) is 24.3 Å². The summed E-state index contributed by atoms with van der Waals surface area (Å²) in [5.74, 6) is 2.00. The monoisotopic (exact) mass is 439 g/mol. The first-order valence-electron chi connectivity index (χ1n) is 12.4. The van der Waals surface area contributed by atoms with Crippen molar-refractivity contribution in [3.8, 4) is 11.4 Å². The van der Waals surface area contributed by atoms with E-state index in [1.54, 1.807) is 0 Å². The van der Waals surface area contributed by atoms with Gasteiger partial charge in [0.2, 0.25) is 11.7 Å². The van der Waals surface area contributed by atoms with E-state index in [1.807, 2.05) is 0 Å². The Labute approximate surface area is 196 Å². The van der Waals surface area contributed by atoms with E-state index in [9.17, 15) is 0 Å². The Kier molecular flexibility index (Phi) is 6.54. The summed E-state index contributed by atoms with van der Waals surface area (Å²) >= 11 is 0. The van der Waals surface area contributed by atoms with Crippen molar-refractivity contribution in [2.75, 3.05) is 0 Å². The van der Waals surface area contributed by atoms with Gasteiger partial charge in [0.1, 0.15) is 0 Å². The number of rotatable bonds is 7. The van der Waals surface area contributed by atoms with E-state index in [-0.39, 0.29) is 0 Å². The van der Waals surface area contributed by atoms with Crippen molar-refractivity contribution in [2.24, 2.45) is 0 Å². The van der Waals surface area contributed by atoms with E-state index in [2.05, 4.69) is 96.0 Å². The van der Waals surface area contributed by atoms with Crippen molar-refractivity contribution in [1.82, 2.24) is 15.5 Å². The fourth-order valence-corrected chi connectivity index (χ4v) is 5.31. The molecule has 4 nitrogen and oxygen atoms in total. The molecule has 0 spiro atoms. The van der Waals surface area contributed by atoms with Crippen LogP contribution in [0.2, 0.25) is 0 Å². The molecule has 4 aromatic rings. The molecule has 0 amide bonds. The second-order valence-electron chi connectivity index (χ2n) is 9.40. The third-order valence-corrected chi connectivity index (χ3v) is 7.02. The molecule has 1 fully saturated rings. The van der Waals surface area contributed by atoms with Crippen molar-refractivity contribution in [3.63, 3.8) is 0 Å². The molecule has 33 heavy (non-hydrogen) atoms. The lowest BCUT2D eigenvalue weighted by atomic mass is 9.80. The molecule has 1 N–H and O–H groups in total. The van der Waals surface area contributed by atoms with Crippen LogP contribution in [0.3, 0.4) is 0 Å². The standard InChI is InChI=1S/C29H33N3O/c1-3-8-28-31-29(32-33-28)23-17-15-21(16-18-23)24-11-6-12-25(19-24)30-20(2)26-14-7-10-22-9-4-5-13-27(22)26/h4-5,7,9-10,13-18,20,24-25,30H,3,6,8,11-12,19H2,1-2H3/t20?,24-,25?/m0/s1. The summed E-state index contributed by atoms with van der Waals surface area (Å²) in [5.41, 5.74) is 3.84. The summed E-state index contributed by atoms with van der Waals surface area (Å²) in [4.78, 5) is 4.52. The molecule has 1 aliphatic carbocycles. The molecule has 170 valence electrons. The molecule has 0 saturated heterocycles. The smallest absolute Gasteiger partial charge is 0.226 e. The van der Waals surface area contributed by atoms with Gasteiger partial charge in [-0.2, -0.15) is 4.98 Å². The molecule has 5 rings (SSSR count). The molecule has 1 heterocycles. The summed E-state index contributed by atoms with van der Waals surface area (Å²) < 4.78 is 5.35. The fourth-order valence-electron chi connectivity index (χ4n) is 5.31. The maximum Gasteiger partial charge on any atom is 0.226 e. The van der Waals surface area contributed by atoms with E-state index in [1.165, 1.54) is 47.6 Å². The third kappa shape index (κ3) is 4.86. The molecule has 0 aliphatic heterocycles. The molecule has 1 saturated carbocycles. The molecular weight excluding hydrogens is 406 g/mol. The molecular formula is C29H33N3O. The van der Waals surface area contributed by atoms with Crippen molar-refractivity contribution in [2.45, 2.75) is 70.4 Å². The van der Waals surface area contributed by atoms with Gasteiger partial charge in [-0.05, 0) is 60.4 Å². The number of fused-ring (bicyclic) bond motifs is 1. The molecule has 1 aliphatic rings. The third-order valence-electron chi connectivity index (χ3n) is 7.02. The van der Waals surface area contributed by atoms with Gasteiger partial charge in [0.05, 0.1) is 0 Å². The Morgan fingerprint density at radius 3 is 2.67 bits per heavy atom. The van der Waals surface area contributed by atoms with E-state index < -0.39 is 0 Å². The van der Waals surface area contributed by atoms with Gasteiger partial charge in [0.15, 0.2) is 0 Å². The van der Waals surface area contributed by atoms with E-state index in [0.29, 0.717) is 23.8 Å². The van der Waals surface area contributed by atoms with Crippen LogP contribution < -0.4 is 5.32 Å². The minimum absolute atomic E-state index is 0.331. The van der Waals surface area contributed by atoms with Crippen molar-refractivity contribution in [3.05, 3.63) is 83.7 Å². The van der Waals surface area contributed by atoms with Crippen LogP contribution in [0.4, 0.5) is 0 Å². The molecule has 2 unspecified atom stereocenters. The number of aromatic nitrogens is 2. The van der Waals surface area contributed by atoms with Gasteiger partial charge in [-0.3, -0.25) is 0 Å². The lowest BCUT2D eigenvalue weighted by Crippen LogP contribution is -2.35. The quantitative estimate of drug-likeness (QED) is 0.330. The number of nitrogens with zero attached hydrogens (tertiary/aromatic N) is 2. The molecule has 3 aromatic carbocycles. The number of hydrogen-bond acceptors (Lipinski definition) is 4. The van der Waals surface area contributed by atoms with Crippen molar-refractivity contribution in [1.29, 1.82) is 0 Å².